The molecule has 1 aliphatic rings. The molecule has 194 valence electrons. The van der Waals surface area contributed by atoms with Crippen molar-refractivity contribution in [2.75, 3.05) is 32.1 Å². The van der Waals surface area contributed by atoms with Gasteiger partial charge >= 0.3 is 6.09 Å². The van der Waals surface area contributed by atoms with Crippen LogP contribution in [0.4, 0.5) is 10.5 Å². The fourth-order valence-electron chi connectivity index (χ4n) is 5.05. The average molecular weight is 506 g/mol. The lowest BCUT2D eigenvalue weighted by Crippen LogP contribution is -2.37. The molecule has 0 aliphatic carbocycles. The summed E-state index contributed by atoms with van der Waals surface area (Å²) >= 11 is 0. The lowest BCUT2D eigenvalue weighted by Gasteiger charge is -2.21. The summed E-state index contributed by atoms with van der Waals surface area (Å²) in [6.07, 6.45) is 4.74. The van der Waals surface area contributed by atoms with Gasteiger partial charge in [0.15, 0.2) is 0 Å². The third kappa shape index (κ3) is 6.42. The third-order valence-electron chi connectivity index (χ3n) is 7.08. The van der Waals surface area contributed by atoms with Crippen molar-refractivity contribution in [1.29, 1.82) is 0 Å². The van der Waals surface area contributed by atoms with Crippen molar-refractivity contribution in [2.24, 2.45) is 0 Å². The van der Waals surface area contributed by atoms with Gasteiger partial charge in [0.05, 0.1) is 0 Å². The van der Waals surface area contributed by atoms with Gasteiger partial charge in [0, 0.05) is 50.8 Å². The second kappa shape index (κ2) is 12.0. The molecule has 4 aromatic carbocycles. The quantitative estimate of drug-likeness (QED) is 0.275. The highest BCUT2D eigenvalue weighted by Crippen LogP contribution is 2.29. The molecule has 1 atom stereocenters. The van der Waals surface area contributed by atoms with Gasteiger partial charge in [-0.25, -0.2) is 4.79 Å². The predicted molar refractivity (Wildman–Crippen MR) is 157 cm³/mol. The summed E-state index contributed by atoms with van der Waals surface area (Å²) in [4.78, 5) is 17.0. The molecule has 38 heavy (non-hydrogen) atoms. The van der Waals surface area contributed by atoms with E-state index in [1.807, 2.05) is 42.5 Å². The van der Waals surface area contributed by atoms with E-state index in [4.69, 9.17) is 4.74 Å². The van der Waals surface area contributed by atoms with Crippen LogP contribution in [0, 0.1) is 0 Å². The molecular weight excluding hydrogens is 470 g/mol. The van der Waals surface area contributed by atoms with E-state index in [0.717, 1.165) is 42.7 Å². The first-order valence-corrected chi connectivity index (χ1v) is 13.2. The Bertz CT molecular complexity index is 1400. The molecule has 1 heterocycles. The summed E-state index contributed by atoms with van der Waals surface area (Å²) in [7, 11) is 4.16. The number of nitrogens with zero attached hydrogens (tertiary/aromatic N) is 2. The van der Waals surface area contributed by atoms with Crippen molar-refractivity contribution in [1.82, 2.24) is 10.2 Å². The number of amides is 1. The zero-order valence-corrected chi connectivity index (χ0v) is 22.1. The van der Waals surface area contributed by atoms with Crippen LogP contribution < -0.4 is 10.2 Å². The summed E-state index contributed by atoms with van der Waals surface area (Å²) in [5, 5.41) is 5.61. The van der Waals surface area contributed by atoms with Gasteiger partial charge < -0.3 is 15.0 Å². The molecule has 0 spiro atoms. The number of hydrogen-bond acceptors (Lipinski definition) is 4. The Labute approximate surface area is 225 Å². The van der Waals surface area contributed by atoms with E-state index in [9.17, 15) is 4.79 Å². The SMILES string of the molecule is CN(C)c1ccc(CN2CCC(NC(=O)OCc3ccc(C=Cc4ccccc4)cc3)C2)c2ccccc12. The number of hydrogen-bond donors (Lipinski definition) is 1. The van der Waals surface area contributed by atoms with Crippen LogP contribution in [0.25, 0.3) is 22.9 Å². The Morgan fingerprint density at radius 2 is 1.58 bits per heavy atom. The van der Waals surface area contributed by atoms with Gasteiger partial charge in [0.2, 0.25) is 0 Å². The van der Waals surface area contributed by atoms with Crippen molar-refractivity contribution in [3.8, 4) is 0 Å². The molecule has 1 saturated heterocycles. The van der Waals surface area contributed by atoms with Crippen LogP contribution >= 0.6 is 0 Å². The highest BCUT2D eigenvalue weighted by atomic mass is 16.5. The maximum Gasteiger partial charge on any atom is 0.407 e. The number of rotatable bonds is 8. The normalized spacial score (nSPS) is 15.7. The molecule has 0 radical (unpaired) electrons. The fourth-order valence-corrected chi connectivity index (χ4v) is 5.05. The van der Waals surface area contributed by atoms with Crippen molar-refractivity contribution >= 4 is 34.7 Å². The Kier molecular flexibility index (Phi) is 8.05. The smallest absolute Gasteiger partial charge is 0.407 e. The van der Waals surface area contributed by atoms with Crippen molar-refractivity contribution < 1.29 is 9.53 Å². The summed E-state index contributed by atoms with van der Waals surface area (Å²) in [5.74, 6) is 0. The van der Waals surface area contributed by atoms with E-state index in [1.54, 1.807) is 0 Å². The van der Waals surface area contributed by atoms with E-state index >= 15 is 0 Å². The first-order chi connectivity index (χ1) is 18.5. The maximum atomic E-state index is 12.5. The molecule has 1 aliphatic heterocycles. The Balaban J connectivity index is 1.10. The van der Waals surface area contributed by atoms with Gasteiger partial charge in [0.25, 0.3) is 0 Å². The van der Waals surface area contributed by atoms with Crippen LogP contribution in [0.15, 0.2) is 91.0 Å². The highest BCUT2D eigenvalue weighted by Gasteiger charge is 2.25. The molecule has 5 nitrogen and oxygen atoms in total. The zero-order valence-electron chi connectivity index (χ0n) is 22.1. The zero-order chi connectivity index (χ0) is 26.3. The van der Waals surface area contributed by atoms with Gasteiger partial charge in [0.1, 0.15) is 6.61 Å². The van der Waals surface area contributed by atoms with E-state index in [0.29, 0.717) is 0 Å². The molecule has 0 aromatic heterocycles. The summed E-state index contributed by atoms with van der Waals surface area (Å²) in [6.45, 7) is 2.90. The van der Waals surface area contributed by atoms with Gasteiger partial charge in [-0.15, -0.1) is 0 Å². The predicted octanol–water partition coefficient (Wildman–Crippen LogP) is 6.58. The molecule has 1 fully saturated rings. The average Bonchev–Trinajstić information content (AvgIpc) is 3.38. The number of nitrogens with one attached hydrogen (secondary N) is 1. The van der Waals surface area contributed by atoms with Crippen LogP contribution in [-0.2, 0) is 17.9 Å². The number of carbonyl (C=O) groups excluding carboxylic acids is 1. The number of carbonyl (C=O) groups is 1. The molecule has 4 aromatic rings. The molecule has 0 bridgehead atoms. The Hall–Kier alpha value is -4.09. The minimum atomic E-state index is -0.356. The number of alkyl carbamates (subject to hydrolysis) is 1. The topological polar surface area (TPSA) is 44.8 Å². The second-order valence-electron chi connectivity index (χ2n) is 10.1. The monoisotopic (exact) mass is 505 g/mol. The molecule has 5 heteroatoms. The second-order valence-corrected chi connectivity index (χ2v) is 10.1. The molecule has 1 N–H and O–H groups in total. The van der Waals surface area contributed by atoms with Gasteiger partial charge in [-0.3, -0.25) is 4.90 Å². The van der Waals surface area contributed by atoms with E-state index in [-0.39, 0.29) is 18.7 Å². The summed E-state index contributed by atoms with van der Waals surface area (Å²) in [6, 6.07) is 31.4. The minimum Gasteiger partial charge on any atom is -0.445 e. The number of anilines is 1. The van der Waals surface area contributed by atoms with Crippen molar-refractivity contribution in [2.45, 2.75) is 25.6 Å². The molecule has 1 amide bonds. The highest BCUT2D eigenvalue weighted by molar-refractivity contribution is 5.96. The van der Waals surface area contributed by atoms with Crippen molar-refractivity contribution in [3.05, 3.63) is 113 Å². The van der Waals surface area contributed by atoms with Gasteiger partial charge in [-0.2, -0.15) is 0 Å². The minimum absolute atomic E-state index is 0.0975. The number of likely N-dealkylation sites (tertiary alicyclic amines) is 1. The molecule has 0 saturated carbocycles. The standard InChI is InChI=1S/C33H35N3O2/c1-35(2)32-19-18-28(30-10-6-7-11-31(30)32)22-36-21-20-29(23-36)34-33(37)38-24-27-16-14-26(15-17-27)13-12-25-8-4-3-5-9-25/h3-19,29H,20-24H2,1-2H3,(H,34,37). The molecular formula is C33H35N3O2. The first-order valence-electron chi connectivity index (χ1n) is 13.2. The van der Waals surface area contributed by atoms with Crippen molar-refractivity contribution in [3.63, 3.8) is 0 Å². The Morgan fingerprint density at radius 1 is 0.895 bits per heavy atom. The van der Waals surface area contributed by atoms with Crippen LogP contribution in [0.1, 0.15) is 28.7 Å². The fraction of sp³-hybridized carbons (Fsp3) is 0.242. The third-order valence-corrected chi connectivity index (χ3v) is 7.08. The molecule has 5 rings (SSSR count). The summed E-state index contributed by atoms with van der Waals surface area (Å²) < 4.78 is 5.51. The van der Waals surface area contributed by atoms with Gasteiger partial charge in [-0.05, 0) is 40.1 Å². The first kappa shape index (κ1) is 25.6. The van der Waals surface area contributed by atoms with E-state index in [1.165, 1.54) is 22.0 Å². The Morgan fingerprint density at radius 3 is 2.32 bits per heavy atom. The number of benzene rings is 4. The lowest BCUT2D eigenvalue weighted by molar-refractivity contribution is 0.135. The maximum absolute atomic E-state index is 12.5. The number of ether oxygens (including phenoxy) is 1. The van der Waals surface area contributed by atoms with Crippen LogP contribution in [0.2, 0.25) is 0 Å². The van der Waals surface area contributed by atoms with Gasteiger partial charge in [-0.1, -0.05) is 97.1 Å². The largest absolute Gasteiger partial charge is 0.445 e. The lowest BCUT2D eigenvalue weighted by atomic mass is 10.0. The number of fused-ring (bicyclic) bond motifs is 1. The van der Waals surface area contributed by atoms with E-state index in [2.05, 4.69) is 89.9 Å². The summed E-state index contributed by atoms with van der Waals surface area (Å²) in [5.41, 5.74) is 5.79. The van der Waals surface area contributed by atoms with Crippen LogP contribution in [0.5, 0.6) is 0 Å². The van der Waals surface area contributed by atoms with Crippen LogP contribution in [0.3, 0.4) is 0 Å². The van der Waals surface area contributed by atoms with E-state index < -0.39 is 0 Å². The molecule has 1 unspecified atom stereocenters. The van der Waals surface area contributed by atoms with Crippen LogP contribution in [-0.4, -0.2) is 44.2 Å².